The molecule has 0 spiro atoms. The Balaban J connectivity index is 2.31. The van der Waals surface area contributed by atoms with Crippen molar-refractivity contribution in [2.75, 3.05) is 0 Å². The van der Waals surface area contributed by atoms with Crippen molar-refractivity contribution in [2.24, 2.45) is 0 Å². The first-order chi connectivity index (χ1) is 8.29. The van der Waals surface area contributed by atoms with Gasteiger partial charge in [-0.15, -0.1) is 0 Å². The number of halogens is 3. The zero-order valence-corrected chi connectivity index (χ0v) is 10.5. The Hall–Kier alpha value is -1.03. The van der Waals surface area contributed by atoms with Crippen molar-refractivity contribution in [3.8, 4) is 0 Å². The average molecular weight is 260 g/mol. The summed E-state index contributed by atoms with van der Waals surface area (Å²) in [6.07, 6.45) is -3.64. The lowest BCUT2D eigenvalue weighted by molar-refractivity contribution is -0.137. The lowest BCUT2D eigenvalue weighted by atomic mass is 9.91. The third kappa shape index (κ3) is 6.64. The highest BCUT2D eigenvalue weighted by Gasteiger charge is 2.28. The number of alkyl halides is 3. The van der Waals surface area contributed by atoms with Gasteiger partial charge in [0, 0.05) is 6.42 Å². The van der Waals surface area contributed by atoms with E-state index in [1.807, 2.05) is 30.3 Å². The maximum absolute atomic E-state index is 12.0. The van der Waals surface area contributed by atoms with E-state index >= 15 is 0 Å². The van der Waals surface area contributed by atoms with E-state index in [1.165, 1.54) is 0 Å². The fourth-order valence-corrected chi connectivity index (χ4v) is 1.85. The zero-order chi connectivity index (χ0) is 13.6. The lowest BCUT2D eigenvalue weighted by Crippen LogP contribution is -2.25. The molecule has 1 aromatic carbocycles. The van der Waals surface area contributed by atoms with Crippen LogP contribution < -0.4 is 0 Å². The molecule has 0 saturated heterocycles. The molecule has 4 heteroatoms. The van der Waals surface area contributed by atoms with E-state index in [0.29, 0.717) is 12.8 Å². The van der Waals surface area contributed by atoms with Crippen LogP contribution in [0.2, 0.25) is 0 Å². The second-order valence-corrected chi connectivity index (χ2v) is 4.95. The van der Waals surface area contributed by atoms with Gasteiger partial charge in [0.15, 0.2) is 0 Å². The van der Waals surface area contributed by atoms with Crippen molar-refractivity contribution in [2.45, 2.75) is 50.8 Å². The van der Waals surface area contributed by atoms with E-state index in [9.17, 15) is 18.3 Å². The second kappa shape index (κ2) is 6.23. The minimum atomic E-state index is -4.13. The van der Waals surface area contributed by atoms with E-state index in [4.69, 9.17) is 0 Å². The smallest absolute Gasteiger partial charge is 0.389 e. The highest BCUT2D eigenvalue weighted by Crippen LogP contribution is 2.26. The van der Waals surface area contributed by atoms with Crippen molar-refractivity contribution in [3.63, 3.8) is 0 Å². The van der Waals surface area contributed by atoms with E-state index in [-0.39, 0.29) is 12.8 Å². The molecule has 0 aliphatic rings. The highest BCUT2D eigenvalue weighted by molar-refractivity contribution is 5.14. The molecular weight excluding hydrogens is 241 g/mol. The van der Waals surface area contributed by atoms with Crippen molar-refractivity contribution in [3.05, 3.63) is 35.9 Å². The van der Waals surface area contributed by atoms with Crippen LogP contribution in [0.15, 0.2) is 30.3 Å². The zero-order valence-electron chi connectivity index (χ0n) is 10.5. The first-order valence-electron chi connectivity index (χ1n) is 6.12. The van der Waals surface area contributed by atoms with Gasteiger partial charge in [-0.25, -0.2) is 0 Å². The molecular formula is C14H19F3O. The fraction of sp³-hybridized carbons (Fsp3) is 0.571. The van der Waals surface area contributed by atoms with Gasteiger partial charge in [0.05, 0.1) is 5.60 Å². The standard InChI is InChI=1S/C14H19F3O/c1-13(18,9-5-10-14(15,16)17)11-8-12-6-3-2-4-7-12/h2-4,6-7,18H,5,8-11H2,1H3. The predicted octanol–water partition coefficient (Wildman–Crippen LogP) is 4.10. The monoisotopic (exact) mass is 260 g/mol. The molecule has 1 N–H and O–H groups in total. The molecule has 0 heterocycles. The molecule has 0 amide bonds. The van der Waals surface area contributed by atoms with Crippen LogP contribution in [0.3, 0.4) is 0 Å². The van der Waals surface area contributed by atoms with Gasteiger partial charge in [-0.1, -0.05) is 30.3 Å². The second-order valence-electron chi connectivity index (χ2n) is 4.95. The van der Waals surface area contributed by atoms with Crippen LogP contribution in [0, 0.1) is 0 Å². The van der Waals surface area contributed by atoms with Gasteiger partial charge < -0.3 is 5.11 Å². The molecule has 0 aliphatic heterocycles. The third-order valence-electron chi connectivity index (χ3n) is 2.97. The Morgan fingerprint density at radius 3 is 2.17 bits per heavy atom. The van der Waals surface area contributed by atoms with Gasteiger partial charge in [-0.3, -0.25) is 0 Å². The van der Waals surface area contributed by atoms with Crippen molar-refractivity contribution >= 4 is 0 Å². The minimum Gasteiger partial charge on any atom is -0.390 e. The number of hydrogen-bond acceptors (Lipinski definition) is 1. The summed E-state index contributed by atoms with van der Waals surface area (Å²) >= 11 is 0. The molecule has 1 nitrogen and oxygen atoms in total. The van der Waals surface area contributed by atoms with Gasteiger partial charge in [0.2, 0.25) is 0 Å². The number of benzene rings is 1. The topological polar surface area (TPSA) is 20.2 Å². The van der Waals surface area contributed by atoms with E-state index in [0.717, 1.165) is 5.56 Å². The molecule has 1 rings (SSSR count). The van der Waals surface area contributed by atoms with E-state index < -0.39 is 18.2 Å². The Kier molecular flexibility index (Phi) is 5.20. The van der Waals surface area contributed by atoms with Crippen molar-refractivity contribution in [1.82, 2.24) is 0 Å². The molecule has 18 heavy (non-hydrogen) atoms. The summed E-state index contributed by atoms with van der Waals surface area (Å²) in [6.45, 7) is 1.60. The van der Waals surface area contributed by atoms with Crippen LogP contribution in [0.5, 0.6) is 0 Å². The summed E-state index contributed by atoms with van der Waals surface area (Å²) in [5.74, 6) is 0. The van der Waals surface area contributed by atoms with Crippen LogP contribution in [-0.2, 0) is 6.42 Å². The Morgan fingerprint density at radius 2 is 1.61 bits per heavy atom. The molecule has 0 radical (unpaired) electrons. The quantitative estimate of drug-likeness (QED) is 0.816. The van der Waals surface area contributed by atoms with Crippen molar-refractivity contribution < 1.29 is 18.3 Å². The first-order valence-corrected chi connectivity index (χ1v) is 6.12. The number of aliphatic hydroxyl groups is 1. The summed E-state index contributed by atoms with van der Waals surface area (Å²) in [5, 5.41) is 10.0. The van der Waals surface area contributed by atoms with Gasteiger partial charge >= 0.3 is 6.18 Å². The average Bonchev–Trinajstić information content (AvgIpc) is 2.26. The normalized spacial score (nSPS) is 15.4. The molecule has 0 aliphatic carbocycles. The highest BCUT2D eigenvalue weighted by atomic mass is 19.4. The van der Waals surface area contributed by atoms with E-state index in [2.05, 4.69) is 0 Å². The van der Waals surface area contributed by atoms with Gasteiger partial charge in [0.1, 0.15) is 0 Å². The van der Waals surface area contributed by atoms with Crippen LogP contribution in [0.4, 0.5) is 13.2 Å². The van der Waals surface area contributed by atoms with Crippen LogP contribution >= 0.6 is 0 Å². The summed E-state index contributed by atoms with van der Waals surface area (Å²) < 4.78 is 36.0. The first kappa shape index (κ1) is 15.0. The van der Waals surface area contributed by atoms with Gasteiger partial charge in [-0.05, 0) is 38.2 Å². The van der Waals surface area contributed by atoms with Crippen LogP contribution in [0.1, 0.15) is 38.2 Å². The maximum Gasteiger partial charge on any atom is 0.389 e. The summed E-state index contributed by atoms with van der Waals surface area (Å²) in [4.78, 5) is 0. The van der Waals surface area contributed by atoms with Crippen molar-refractivity contribution in [1.29, 1.82) is 0 Å². The lowest BCUT2D eigenvalue weighted by Gasteiger charge is -2.23. The molecule has 0 aromatic heterocycles. The number of rotatable bonds is 6. The molecule has 1 aromatic rings. The van der Waals surface area contributed by atoms with Crippen LogP contribution in [0.25, 0.3) is 0 Å². The molecule has 0 fully saturated rings. The fourth-order valence-electron chi connectivity index (χ4n) is 1.85. The van der Waals surface area contributed by atoms with Gasteiger partial charge in [0.25, 0.3) is 0 Å². The Labute approximate surface area is 106 Å². The third-order valence-corrected chi connectivity index (χ3v) is 2.97. The van der Waals surface area contributed by atoms with Crippen LogP contribution in [-0.4, -0.2) is 16.9 Å². The summed E-state index contributed by atoms with van der Waals surface area (Å²) in [6, 6.07) is 9.63. The number of hydrogen-bond donors (Lipinski definition) is 1. The Bertz CT molecular complexity index is 344. The van der Waals surface area contributed by atoms with Gasteiger partial charge in [-0.2, -0.15) is 13.2 Å². The molecule has 1 unspecified atom stereocenters. The number of aryl methyl sites for hydroxylation is 1. The molecule has 0 bridgehead atoms. The maximum atomic E-state index is 12.0. The minimum absolute atomic E-state index is 0.0225. The summed E-state index contributed by atoms with van der Waals surface area (Å²) in [7, 11) is 0. The predicted molar refractivity (Wildman–Crippen MR) is 65.3 cm³/mol. The summed E-state index contributed by atoms with van der Waals surface area (Å²) in [5.41, 5.74) is 0.0646. The molecule has 102 valence electrons. The molecule has 1 atom stereocenters. The molecule has 0 saturated carbocycles. The largest absolute Gasteiger partial charge is 0.390 e. The Morgan fingerprint density at radius 1 is 1.00 bits per heavy atom. The van der Waals surface area contributed by atoms with E-state index in [1.54, 1.807) is 6.92 Å². The SMILES string of the molecule is CC(O)(CCCC(F)(F)F)CCc1ccccc1.